The molecule has 0 fully saturated rings. The molecule has 3 nitrogen and oxygen atoms in total. The molecule has 0 saturated heterocycles. The highest BCUT2D eigenvalue weighted by atomic mass is 79.9. The van der Waals surface area contributed by atoms with Gasteiger partial charge in [-0.2, -0.15) is 0 Å². The fourth-order valence-electron chi connectivity index (χ4n) is 0.967. The van der Waals surface area contributed by atoms with Crippen LogP contribution in [0, 0.1) is 12.3 Å². The van der Waals surface area contributed by atoms with E-state index in [1.54, 1.807) is 5.51 Å². The molecule has 1 aromatic rings. The minimum absolute atomic E-state index is 0.0241. The maximum Gasteiger partial charge on any atom is 0.263 e. The molecular formula is C10H15BrN2OS. The molecule has 0 aliphatic rings. The van der Waals surface area contributed by atoms with E-state index in [2.05, 4.69) is 40.1 Å². The van der Waals surface area contributed by atoms with Gasteiger partial charge in [-0.05, 0) is 12.3 Å². The van der Waals surface area contributed by atoms with Crippen LogP contribution in [0.15, 0.2) is 5.51 Å². The van der Waals surface area contributed by atoms with E-state index in [-0.39, 0.29) is 11.3 Å². The number of carbonyl (C=O) groups excluding carboxylic acids is 1. The largest absolute Gasteiger partial charge is 0.351 e. The number of hydrogen-bond donors (Lipinski definition) is 1. The number of hydrogen-bond acceptors (Lipinski definition) is 3. The third-order valence-corrected chi connectivity index (χ3v) is 4.49. The van der Waals surface area contributed by atoms with Crippen LogP contribution in [0.3, 0.4) is 0 Å². The van der Waals surface area contributed by atoms with E-state index in [1.165, 1.54) is 11.3 Å². The van der Waals surface area contributed by atoms with E-state index >= 15 is 0 Å². The summed E-state index contributed by atoms with van der Waals surface area (Å²) in [5.74, 6) is -0.0241. The Morgan fingerprint density at radius 3 is 2.80 bits per heavy atom. The molecule has 0 aliphatic carbocycles. The van der Waals surface area contributed by atoms with Crippen molar-refractivity contribution in [1.82, 2.24) is 10.3 Å². The van der Waals surface area contributed by atoms with Crippen LogP contribution in [0.4, 0.5) is 0 Å². The van der Waals surface area contributed by atoms with Crippen molar-refractivity contribution < 1.29 is 4.79 Å². The van der Waals surface area contributed by atoms with E-state index in [1.807, 2.05) is 6.92 Å². The summed E-state index contributed by atoms with van der Waals surface area (Å²) in [5, 5.41) is 3.78. The van der Waals surface area contributed by atoms with Crippen LogP contribution in [0.2, 0.25) is 0 Å². The van der Waals surface area contributed by atoms with Gasteiger partial charge in [0.1, 0.15) is 4.88 Å². The Hall–Kier alpha value is -0.420. The van der Waals surface area contributed by atoms with E-state index in [4.69, 9.17) is 0 Å². The highest BCUT2D eigenvalue weighted by molar-refractivity contribution is 9.09. The van der Waals surface area contributed by atoms with E-state index < -0.39 is 0 Å². The molecule has 1 heterocycles. The molecule has 0 aromatic carbocycles. The smallest absolute Gasteiger partial charge is 0.263 e. The fourth-order valence-corrected chi connectivity index (χ4v) is 1.88. The second-order valence-corrected chi connectivity index (χ2v) is 5.66. The molecular weight excluding hydrogens is 276 g/mol. The first kappa shape index (κ1) is 12.6. The zero-order chi connectivity index (χ0) is 11.5. The average Bonchev–Trinajstić information content (AvgIpc) is 2.61. The second kappa shape index (κ2) is 5.07. The zero-order valence-corrected chi connectivity index (χ0v) is 11.5. The summed E-state index contributed by atoms with van der Waals surface area (Å²) in [4.78, 5) is 16.5. The lowest BCUT2D eigenvalue weighted by Gasteiger charge is -2.21. The van der Waals surface area contributed by atoms with Crippen LogP contribution in [0.25, 0.3) is 0 Å². The maximum atomic E-state index is 11.7. The first-order chi connectivity index (χ1) is 6.96. The third kappa shape index (κ3) is 3.57. The Labute approximate surface area is 102 Å². The van der Waals surface area contributed by atoms with Crippen molar-refractivity contribution in [3.8, 4) is 0 Å². The van der Waals surface area contributed by atoms with Gasteiger partial charge in [0.15, 0.2) is 0 Å². The lowest BCUT2D eigenvalue weighted by Crippen LogP contribution is -2.34. The van der Waals surface area contributed by atoms with Crippen molar-refractivity contribution in [2.24, 2.45) is 5.41 Å². The Bertz CT molecular complexity index is 349. The number of thiazole rings is 1. The lowest BCUT2D eigenvalue weighted by molar-refractivity contribution is 0.0943. The molecule has 5 heteroatoms. The van der Waals surface area contributed by atoms with Crippen molar-refractivity contribution in [3.05, 3.63) is 16.1 Å². The lowest BCUT2D eigenvalue weighted by atomic mass is 9.97. The van der Waals surface area contributed by atoms with Crippen molar-refractivity contribution in [3.63, 3.8) is 0 Å². The molecule has 1 rings (SSSR count). The summed E-state index contributed by atoms with van der Waals surface area (Å²) < 4.78 is 0. The number of amides is 1. The van der Waals surface area contributed by atoms with Crippen LogP contribution in [-0.2, 0) is 0 Å². The average molecular weight is 291 g/mol. The van der Waals surface area contributed by atoms with Crippen LogP contribution < -0.4 is 5.32 Å². The fraction of sp³-hybridized carbons (Fsp3) is 0.600. The van der Waals surface area contributed by atoms with Crippen LogP contribution in [-0.4, -0.2) is 22.8 Å². The van der Waals surface area contributed by atoms with Gasteiger partial charge in [-0.15, -0.1) is 11.3 Å². The van der Waals surface area contributed by atoms with Gasteiger partial charge in [-0.25, -0.2) is 4.98 Å². The first-order valence-electron chi connectivity index (χ1n) is 4.70. The van der Waals surface area contributed by atoms with Crippen molar-refractivity contribution in [2.45, 2.75) is 20.8 Å². The Balaban J connectivity index is 2.55. The van der Waals surface area contributed by atoms with Gasteiger partial charge in [0, 0.05) is 11.9 Å². The maximum absolute atomic E-state index is 11.7. The minimum atomic E-state index is -0.0241. The monoisotopic (exact) mass is 290 g/mol. The van der Waals surface area contributed by atoms with Gasteiger partial charge in [-0.1, -0.05) is 29.8 Å². The number of aryl methyl sites for hydroxylation is 1. The van der Waals surface area contributed by atoms with E-state index in [0.717, 1.165) is 11.0 Å². The molecule has 0 radical (unpaired) electrons. The zero-order valence-electron chi connectivity index (χ0n) is 9.13. The highest BCUT2D eigenvalue weighted by Gasteiger charge is 2.19. The van der Waals surface area contributed by atoms with Gasteiger partial charge in [0.2, 0.25) is 0 Å². The molecule has 84 valence electrons. The molecule has 15 heavy (non-hydrogen) atoms. The summed E-state index contributed by atoms with van der Waals surface area (Å²) in [6.45, 7) is 6.71. The molecule has 0 aliphatic heterocycles. The number of rotatable bonds is 4. The van der Waals surface area contributed by atoms with Gasteiger partial charge in [-0.3, -0.25) is 4.79 Å². The van der Waals surface area contributed by atoms with E-state index in [0.29, 0.717) is 11.4 Å². The number of carbonyl (C=O) groups is 1. The van der Waals surface area contributed by atoms with Gasteiger partial charge in [0.05, 0.1) is 11.2 Å². The third-order valence-electron chi connectivity index (χ3n) is 2.04. The van der Waals surface area contributed by atoms with Crippen molar-refractivity contribution in [2.75, 3.05) is 11.9 Å². The van der Waals surface area contributed by atoms with Crippen molar-refractivity contribution in [1.29, 1.82) is 0 Å². The second-order valence-electron chi connectivity index (χ2n) is 4.25. The predicted octanol–water partition coefficient (Wildman–Crippen LogP) is 2.60. The summed E-state index contributed by atoms with van der Waals surface area (Å²) >= 11 is 4.80. The predicted molar refractivity (Wildman–Crippen MR) is 66.8 cm³/mol. The standard InChI is InChI=1S/C10H15BrN2OS/c1-7-8(15-6-13-7)9(14)12-5-10(2,3)4-11/h6H,4-5H2,1-3H3,(H,12,14). The topological polar surface area (TPSA) is 42.0 Å². The Morgan fingerprint density at radius 2 is 2.33 bits per heavy atom. The number of halogens is 1. The SMILES string of the molecule is Cc1ncsc1C(=O)NCC(C)(C)CBr. The molecule has 0 saturated carbocycles. The minimum Gasteiger partial charge on any atom is -0.351 e. The van der Waals surface area contributed by atoms with Gasteiger partial charge in [0.25, 0.3) is 5.91 Å². The highest BCUT2D eigenvalue weighted by Crippen LogP contribution is 2.17. The number of aromatic nitrogens is 1. The molecule has 0 spiro atoms. The molecule has 0 atom stereocenters. The Morgan fingerprint density at radius 1 is 1.67 bits per heavy atom. The normalized spacial score (nSPS) is 11.5. The molecule has 1 N–H and O–H groups in total. The molecule has 0 unspecified atom stereocenters. The van der Waals surface area contributed by atoms with Gasteiger partial charge < -0.3 is 5.32 Å². The number of nitrogens with zero attached hydrogens (tertiary/aromatic N) is 1. The molecule has 1 amide bonds. The first-order valence-corrected chi connectivity index (χ1v) is 6.70. The summed E-state index contributed by atoms with van der Waals surface area (Å²) in [6.07, 6.45) is 0. The quantitative estimate of drug-likeness (QED) is 0.866. The molecule has 0 bridgehead atoms. The number of nitrogens with one attached hydrogen (secondary N) is 1. The van der Waals surface area contributed by atoms with E-state index in [9.17, 15) is 4.79 Å². The van der Waals surface area contributed by atoms with Crippen LogP contribution in [0.1, 0.15) is 29.2 Å². The van der Waals surface area contributed by atoms with Crippen LogP contribution in [0.5, 0.6) is 0 Å². The number of alkyl halides is 1. The van der Waals surface area contributed by atoms with Crippen LogP contribution >= 0.6 is 27.3 Å². The summed E-state index contributed by atoms with van der Waals surface area (Å²) in [5.41, 5.74) is 2.57. The molecule has 1 aromatic heterocycles. The van der Waals surface area contributed by atoms with Crippen molar-refractivity contribution >= 4 is 33.2 Å². The summed E-state index contributed by atoms with van der Waals surface area (Å²) in [7, 11) is 0. The Kier molecular flexibility index (Phi) is 4.28. The van der Waals surface area contributed by atoms with Gasteiger partial charge >= 0.3 is 0 Å². The summed E-state index contributed by atoms with van der Waals surface area (Å²) in [6, 6.07) is 0.